The van der Waals surface area contributed by atoms with Crippen molar-refractivity contribution in [1.29, 1.82) is 0 Å². The first-order valence-electron chi connectivity index (χ1n) is 0. The van der Waals surface area contributed by atoms with Crippen LogP contribution < -0.4 is 0 Å². The Labute approximate surface area is 121 Å². The van der Waals surface area contributed by atoms with Crippen LogP contribution >= 0.6 is 0 Å². The van der Waals surface area contributed by atoms with Gasteiger partial charge in [-0.05, 0) is 0 Å². The molecule has 0 aliphatic carbocycles. The van der Waals surface area contributed by atoms with Crippen LogP contribution in [0.4, 0.5) is 0 Å². The van der Waals surface area contributed by atoms with Gasteiger partial charge in [0.25, 0.3) is 0 Å². The van der Waals surface area contributed by atoms with Crippen LogP contribution in [0.1, 0.15) is 0 Å². The summed E-state index contributed by atoms with van der Waals surface area (Å²) in [5.41, 5.74) is 0. The van der Waals surface area contributed by atoms with E-state index in [1.165, 1.54) is 0 Å². The molecular formula is BCuFeNdNiSn. The quantitative estimate of drug-likeness (QED) is 0.425. The molecular weight excluding hydrogens is 452 g/mol. The van der Waals surface area contributed by atoms with Crippen LogP contribution in [0.15, 0.2) is 0 Å². The first kappa shape index (κ1) is 53.1. The zero-order chi connectivity index (χ0) is 0. The predicted molar refractivity (Wildman–Crippen MR) is 11.5 cm³/mol. The molecule has 0 saturated carbocycles. The van der Waals surface area contributed by atoms with Crippen molar-refractivity contribution < 1.29 is 91.5 Å². The minimum atomic E-state index is 0. The van der Waals surface area contributed by atoms with Gasteiger partial charge in [-0.25, -0.2) is 0 Å². The maximum Gasteiger partial charge on any atom is 0 e. The van der Waals surface area contributed by atoms with Gasteiger partial charge >= 0.3 is 0 Å². The Hall–Kier alpha value is 3.75. The van der Waals surface area contributed by atoms with Gasteiger partial charge in [-0.2, -0.15) is 0 Å². The summed E-state index contributed by atoms with van der Waals surface area (Å²) in [6.45, 7) is 0. The fourth-order valence-corrected chi connectivity index (χ4v) is 0. The molecule has 8 radical (unpaired) electrons. The summed E-state index contributed by atoms with van der Waals surface area (Å²) >= 11 is 0. The third-order valence-corrected chi connectivity index (χ3v) is 0. The van der Waals surface area contributed by atoms with Gasteiger partial charge in [-0.3, -0.25) is 0 Å². The second-order valence-corrected chi connectivity index (χ2v) is 0. The molecule has 0 N–H and O–H groups in total. The maximum atomic E-state index is 0. The second-order valence-electron chi connectivity index (χ2n) is 0. The predicted octanol–water partition coefficient (Wildman–Crippen LogP) is -0.769. The van der Waals surface area contributed by atoms with Gasteiger partial charge in [0.15, 0.2) is 0 Å². The molecule has 40 valence electrons. The van der Waals surface area contributed by atoms with E-state index in [0.717, 1.165) is 0 Å². The Balaban J connectivity index is 0. The Morgan fingerprint density at radius 2 is 1.00 bits per heavy atom. The average molecular weight is 452 g/mol. The van der Waals surface area contributed by atoms with E-state index in [0.29, 0.717) is 0 Å². The van der Waals surface area contributed by atoms with Crippen LogP contribution in [0, 0.1) is 40.8 Å². The van der Waals surface area contributed by atoms with Crippen LogP contribution in [0.25, 0.3) is 0 Å². The van der Waals surface area contributed by atoms with Crippen molar-refractivity contribution in [2.45, 2.75) is 0 Å². The topological polar surface area (TPSA) is 0 Å². The number of rotatable bonds is 0. The largest absolute Gasteiger partial charge is 0 e. The Morgan fingerprint density at radius 1 is 1.00 bits per heavy atom. The fourth-order valence-electron chi connectivity index (χ4n) is 0. The van der Waals surface area contributed by atoms with E-state index >= 15 is 0 Å². The molecule has 6 heteroatoms. The minimum Gasteiger partial charge on any atom is 0 e. The Kier molecular flexibility index (Phi) is 331. The minimum absolute atomic E-state index is 0. The standard InChI is InChI=1S/B.Cu.Fe.Nd.Ni.Sn. The van der Waals surface area contributed by atoms with E-state index in [2.05, 4.69) is 0 Å². The molecule has 0 fully saturated rings. The zero-order valence-electron chi connectivity index (χ0n) is 2.55. The first-order valence-corrected chi connectivity index (χ1v) is 0. The third kappa shape index (κ3) is 25.1. The molecule has 6 heavy (non-hydrogen) atoms. The molecule has 0 saturated heterocycles. The maximum absolute atomic E-state index is 0. The summed E-state index contributed by atoms with van der Waals surface area (Å²) < 4.78 is 0. The molecule has 0 rings (SSSR count). The summed E-state index contributed by atoms with van der Waals surface area (Å²) in [5, 5.41) is 0. The van der Waals surface area contributed by atoms with Crippen LogP contribution in [-0.4, -0.2) is 32.3 Å². The molecule has 0 spiro atoms. The SMILES string of the molecule is [B].[Cu].[Fe].[Nd].[Ni].[Sn]. The summed E-state index contributed by atoms with van der Waals surface area (Å²) in [4.78, 5) is 0. The van der Waals surface area contributed by atoms with Crippen molar-refractivity contribution in [3.63, 3.8) is 0 Å². The monoisotopic (exact) mass is 450 g/mol. The van der Waals surface area contributed by atoms with Crippen molar-refractivity contribution in [3.8, 4) is 0 Å². The number of hydrogen-bond donors (Lipinski definition) is 0. The van der Waals surface area contributed by atoms with Gasteiger partial charge in [0.2, 0.25) is 0 Å². The van der Waals surface area contributed by atoms with Crippen molar-refractivity contribution in [3.05, 3.63) is 0 Å². The van der Waals surface area contributed by atoms with E-state index in [1.54, 1.807) is 0 Å². The summed E-state index contributed by atoms with van der Waals surface area (Å²) in [5.74, 6) is 0. The smallest absolute Gasteiger partial charge is 0 e. The normalized spacial score (nSPS) is 0. The van der Waals surface area contributed by atoms with Crippen molar-refractivity contribution in [2.75, 3.05) is 0 Å². The van der Waals surface area contributed by atoms with E-state index in [-0.39, 0.29) is 124 Å². The summed E-state index contributed by atoms with van der Waals surface area (Å²) in [6, 6.07) is 0. The Bertz CT molecular complexity index is 15.5. The van der Waals surface area contributed by atoms with E-state index in [9.17, 15) is 0 Å². The number of hydrogen-bond acceptors (Lipinski definition) is 0. The fraction of sp³-hybridized carbons (Fsp3) is 0. The van der Waals surface area contributed by atoms with Gasteiger partial charge < -0.3 is 0 Å². The average Bonchev–Trinajstić information content (AvgIpc) is 0. The van der Waals surface area contributed by atoms with E-state index in [4.69, 9.17) is 0 Å². The van der Waals surface area contributed by atoms with Gasteiger partial charge in [-0.15, -0.1) is 0 Å². The van der Waals surface area contributed by atoms with Gasteiger partial charge in [0.1, 0.15) is 0 Å². The zero-order valence-corrected chi connectivity index (χ0v) is 11.6. The van der Waals surface area contributed by atoms with E-state index < -0.39 is 0 Å². The van der Waals surface area contributed by atoms with Gasteiger partial charge in [0.05, 0.1) is 0 Å². The van der Waals surface area contributed by atoms with Crippen LogP contribution in [0.3, 0.4) is 0 Å². The molecule has 0 bridgehead atoms. The second kappa shape index (κ2) is 37.4. The first-order chi connectivity index (χ1) is 0. The Morgan fingerprint density at radius 3 is 1.00 bits per heavy atom. The molecule has 0 aromatic heterocycles. The molecule has 0 aliphatic rings. The van der Waals surface area contributed by atoms with E-state index in [1.807, 2.05) is 0 Å². The molecule has 0 aliphatic heterocycles. The van der Waals surface area contributed by atoms with Crippen molar-refractivity contribution >= 4 is 32.3 Å². The van der Waals surface area contributed by atoms with Crippen LogP contribution in [0.2, 0.25) is 0 Å². The molecule has 0 amide bonds. The third-order valence-electron chi connectivity index (χ3n) is 0. The summed E-state index contributed by atoms with van der Waals surface area (Å²) in [6.07, 6.45) is 0. The van der Waals surface area contributed by atoms with Crippen molar-refractivity contribution in [2.24, 2.45) is 0 Å². The molecule has 0 unspecified atom stereocenters. The molecule has 0 heterocycles. The molecule has 0 aromatic carbocycles. The van der Waals surface area contributed by atoms with Crippen LogP contribution in [-0.2, 0) is 50.6 Å². The molecule has 0 aromatic rings. The van der Waals surface area contributed by atoms with Crippen molar-refractivity contribution in [1.82, 2.24) is 0 Å². The van der Waals surface area contributed by atoms with Gasteiger partial charge in [0, 0.05) is 124 Å². The molecule has 0 atom stereocenters. The molecule has 0 nitrogen and oxygen atoms in total. The summed E-state index contributed by atoms with van der Waals surface area (Å²) in [7, 11) is 0. The van der Waals surface area contributed by atoms with Crippen LogP contribution in [0.5, 0.6) is 0 Å². The van der Waals surface area contributed by atoms with Gasteiger partial charge in [-0.1, -0.05) is 0 Å².